The van der Waals surface area contributed by atoms with Gasteiger partial charge in [0.15, 0.2) is 0 Å². The van der Waals surface area contributed by atoms with E-state index in [1.807, 2.05) is 38.1 Å². The van der Waals surface area contributed by atoms with Crippen molar-refractivity contribution in [3.05, 3.63) is 70.2 Å². The molecule has 7 nitrogen and oxygen atoms in total. The maximum absolute atomic E-state index is 12.8. The lowest BCUT2D eigenvalue weighted by atomic mass is 10.0. The van der Waals surface area contributed by atoms with Gasteiger partial charge < -0.3 is 0 Å². The Kier molecular flexibility index (Phi) is 6.63. The molecule has 10 heteroatoms. The summed E-state index contributed by atoms with van der Waals surface area (Å²) in [6.45, 7) is 3.83. The van der Waals surface area contributed by atoms with Crippen LogP contribution < -0.4 is 10.0 Å². The number of nitrogens with one attached hydrogen (secondary N) is 2. The predicted molar refractivity (Wildman–Crippen MR) is 114 cm³/mol. The van der Waals surface area contributed by atoms with Crippen molar-refractivity contribution in [3.8, 4) is 0 Å². The van der Waals surface area contributed by atoms with Crippen LogP contribution >= 0.6 is 22.9 Å². The second-order valence-electron chi connectivity index (χ2n) is 6.27. The molecule has 1 heterocycles. The molecule has 0 spiro atoms. The molecular weight excluding hydrogens is 432 g/mol. The van der Waals surface area contributed by atoms with Gasteiger partial charge in [-0.1, -0.05) is 54.1 Å². The molecule has 0 aliphatic carbocycles. The number of halogens is 1. The number of carbonyl (C=O) groups excluding carboxylic acids is 1. The Morgan fingerprint density at radius 2 is 1.83 bits per heavy atom. The maximum Gasteiger partial charge on any atom is 0.270 e. The summed E-state index contributed by atoms with van der Waals surface area (Å²) in [6.07, 6.45) is 0.572. The molecule has 0 aliphatic heterocycles. The van der Waals surface area contributed by atoms with Crippen molar-refractivity contribution in [2.75, 3.05) is 5.32 Å². The van der Waals surface area contributed by atoms with E-state index in [9.17, 15) is 13.2 Å². The lowest BCUT2D eigenvalue weighted by Gasteiger charge is -2.18. The first-order valence-corrected chi connectivity index (χ1v) is 11.5. The Hall–Kier alpha value is -2.33. The van der Waals surface area contributed by atoms with Crippen LogP contribution in [0.5, 0.6) is 0 Å². The van der Waals surface area contributed by atoms with Crippen molar-refractivity contribution in [2.45, 2.75) is 30.6 Å². The van der Waals surface area contributed by atoms with Gasteiger partial charge in [-0.2, -0.15) is 0 Å². The molecule has 0 saturated heterocycles. The Balaban J connectivity index is 1.75. The minimum absolute atomic E-state index is 0.0919. The van der Waals surface area contributed by atoms with Gasteiger partial charge in [0, 0.05) is 16.6 Å². The van der Waals surface area contributed by atoms with Crippen molar-refractivity contribution in [1.29, 1.82) is 0 Å². The summed E-state index contributed by atoms with van der Waals surface area (Å²) in [6, 6.07) is 13.5. The lowest BCUT2D eigenvalue weighted by Crippen LogP contribution is -2.28. The third-order valence-electron chi connectivity index (χ3n) is 4.23. The maximum atomic E-state index is 12.8. The quantitative estimate of drug-likeness (QED) is 0.526. The molecule has 1 aromatic heterocycles. The summed E-state index contributed by atoms with van der Waals surface area (Å²) < 4.78 is 28.0. The van der Waals surface area contributed by atoms with Crippen LogP contribution in [-0.2, 0) is 10.0 Å². The second kappa shape index (κ2) is 9.00. The molecule has 3 rings (SSSR count). The summed E-state index contributed by atoms with van der Waals surface area (Å²) in [7, 11) is -3.90. The smallest absolute Gasteiger partial charge is 0.270 e. The molecular formula is C19H19ClN4O3S2. The van der Waals surface area contributed by atoms with Crippen molar-refractivity contribution >= 4 is 44.0 Å². The molecule has 0 radical (unpaired) electrons. The van der Waals surface area contributed by atoms with Gasteiger partial charge >= 0.3 is 0 Å². The average molecular weight is 451 g/mol. The fraction of sp³-hybridized carbons (Fsp3) is 0.211. The Labute approximate surface area is 178 Å². The van der Waals surface area contributed by atoms with E-state index in [1.165, 1.54) is 0 Å². The number of benzene rings is 2. The Morgan fingerprint density at radius 3 is 2.48 bits per heavy atom. The lowest BCUT2D eigenvalue weighted by molar-refractivity contribution is 0.102. The SMILES string of the molecule is CC[C@@H](NS(=O)(=O)c1nnc(NC(=O)c2ccc(Cl)cc2)s1)c1ccccc1C. The number of anilines is 1. The van der Waals surface area contributed by atoms with E-state index in [2.05, 4.69) is 20.2 Å². The molecule has 0 saturated carbocycles. The fourth-order valence-electron chi connectivity index (χ4n) is 2.72. The van der Waals surface area contributed by atoms with Crippen LogP contribution in [0.15, 0.2) is 52.9 Å². The monoisotopic (exact) mass is 450 g/mol. The number of carbonyl (C=O) groups is 1. The van der Waals surface area contributed by atoms with E-state index >= 15 is 0 Å². The van der Waals surface area contributed by atoms with E-state index in [0.29, 0.717) is 17.0 Å². The average Bonchev–Trinajstić information content (AvgIpc) is 3.17. The predicted octanol–water partition coefficient (Wildman–Crippen LogP) is 4.18. The van der Waals surface area contributed by atoms with Crippen LogP contribution in [-0.4, -0.2) is 24.5 Å². The number of sulfonamides is 1. The number of amides is 1. The van der Waals surface area contributed by atoms with Crippen LogP contribution in [0, 0.1) is 6.92 Å². The Bertz CT molecular complexity index is 1110. The molecule has 0 unspecified atom stereocenters. The van der Waals surface area contributed by atoms with Crippen LogP contribution in [0.4, 0.5) is 5.13 Å². The number of aryl methyl sites for hydroxylation is 1. The highest BCUT2D eigenvalue weighted by Crippen LogP contribution is 2.26. The van der Waals surface area contributed by atoms with Gasteiger partial charge in [-0.05, 0) is 48.7 Å². The summed E-state index contributed by atoms with van der Waals surface area (Å²) in [5.41, 5.74) is 2.27. The van der Waals surface area contributed by atoms with Gasteiger partial charge in [0.2, 0.25) is 9.47 Å². The van der Waals surface area contributed by atoms with Crippen molar-refractivity contribution in [2.24, 2.45) is 0 Å². The van der Waals surface area contributed by atoms with Gasteiger partial charge in [-0.15, -0.1) is 10.2 Å². The molecule has 2 N–H and O–H groups in total. The van der Waals surface area contributed by atoms with E-state index < -0.39 is 22.0 Å². The Morgan fingerprint density at radius 1 is 1.14 bits per heavy atom. The van der Waals surface area contributed by atoms with Crippen molar-refractivity contribution in [3.63, 3.8) is 0 Å². The standard InChI is InChI=1S/C19H19ClN4O3S2/c1-3-16(15-7-5-4-6-12(15)2)24-29(26,27)19-23-22-18(28-19)21-17(25)13-8-10-14(20)11-9-13/h4-11,16,24H,3H2,1-2H3,(H,21,22,25)/t16-/m1/s1. The van der Waals surface area contributed by atoms with Crippen LogP contribution in [0.1, 0.15) is 40.9 Å². The molecule has 1 amide bonds. The number of nitrogens with zero attached hydrogens (tertiary/aromatic N) is 2. The number of aromatic nitrogens is 2. The molecule has 0 aliphatic rings. The number of hydrogen-bond donors (Lipinski definition) is 2. The van der Waals surface area contributed by atoms with Gasteiger partial charge in [0.1, 0.15) is 0 Å². The largest absolute Gasteiger partial charge is 0.296 e. The third kappa shape index (κ3) is 5.18. The highest BCUT2D eigenvalue weighted by Gasteiger charge is 2.25. The zero-order chi connectivity index (χ0) is 21.0. The fourth-order valence-corrected chi connectivity index (χ4v) is 5.06. The highest BCUT2D eigenvalue weighted by molar-refractivity contribution is 7.91. The number of rotatable bonds is 7. The van der Waals surface area contributed by atoms with Crippen LogP contribution in [0.3, 0.4) is 0 Å². The highest BCUT2D eigenvalue weighted by atomic mass is 35.5. The minimum atomic E-state index is -3.90. The van der Waals surface area contributed by atoms with Gasteiger partial charge in [0.25, 0.3) is 15.9 Å². The van der Waals surface area contributed by atoms with Crippen molar-refractivity contribution < 1.29 is 13.2 Å². The topological polar surface area (TPSA) is 101 Å². The van der Waals surface area contributed by atoms with E-state index in [4.69, 9.17) is 11.6 Å². The zero-order valence-corrected chi connectivity index (χ0v) is 18.1. The molecule has 3 aromatic rings. The first-order valence-electron chi connectivity index (χ1n) is 8.78. The van der Waals surface area contributed by atoms with E-state index in [-0.39, 0.29) is 9.47 Å². The normalized spacial score (nSPS) is 12.5. The molecule has 2 aromatic carbocycles. The van der Waals surface area contributed by atoms with Gasteiger partial charge in [0.05, 0.1) is 0 Å². The molecule has 0 fully saturated rings. The molecule has 152 valence electrons. The van der Waals surface area contributed by atoms with E-state index in [0.717, 1.165) is 22.5 Å². The first-order chi connectivity index (χ1) is 13.8. The summed E-state index contributed by atoms with van der Waals surface area (Å²) >= 11 is 6.60. The van der Waals surface area contributed by atoms with Crippen LogP contribution in [0.2, 0.25) is 5.02 Å². The van der Waals surface area contributed by atoms with Gasteiger partial charge in [-0.25, -0.2) is 13.1 Å². The minimum Gasteiger partial charge on any atom is -0.296 e. The summed E-state index contributed by atoms with van der Waals surface area (Å²) in [5, 5.41) is 10.7. The summed E-state index contributed by atoms with van der Waals surface area (Å²) in [4.78, 5) is 12.3. The van der Waals surface area contributed by atoms with Gasteiger partial charge in [-0.3, -0.25) is 10.1 Å². The third-order valence-corrected chi connectivity index (χ3v) is 7.16. The van der Waals surface area contributed by atoms with E-state index in [1.54, 1.807) is 24.3 Å². The van der Waals surface area contributed by atoms with Crippen molar-refractivity contribution in [1.82, 2.24) is 14.9 Å². The molecule has 29 heavy (non-hydrogen) atoms. The summed E-state index contributed by atoms with van der Waals surface area (Å²) in [5.74, 6) is -0.430. The molecule has 0 bridgehead atoms. The molecule has 1 atom stereocenters. The van der Waals surface area contributed by atoms with Crippen LogP contribution in [0.25, 0.3) is 0 Å². The zero-order valence-electron chi connectivity index (χ0n) is 15.7. The number of hydrogen-bond acceptors (Lipinski definition) is 6. The second-order valence-corrected chi connectivity index (χ2v) is 9.57. The first kappa shape index (κ1) is 21.4.